The van der Waals surface area contributed by atoms with Crippen LogP contribution in [0.25, 0.3) is 0 Å². The van der Waals surface area contributed by atoms with Crippen LogP contribution in [0.15, 0.2) is 0 Å². The van der Waals surface area contributed by atoms with Crippen LogP contribution in [0.2, 0.25) is 0 Å². The summed E-state index contributed by atoms with van der Waals surface area (Å²) >= 11 is 0. The highest BCUT2D eigenvalue weighted by atomic mass is 16.3. The van der Waals surface area contributed by atoms with Gasteiger partial charge in [0.2, 0.25) is 5.91 Å². The monoisotopic (exact) mass is 270 g/mol. The van der Waals surface area contributed by atoms with Crippen molar-refractivity contribution in [3.8, 4) is 0 Å². The molecule has 1 amide bonds. The molecule has 19 heavy (non-hydrogen) atoms. The molecule has 0 aromatic carbocycles. The molecule has 1 aliphatic rings. The second kappa shape index (κ2) is 7.85. The van der Waals surface area contributed by atoms with Crippen molar-refractivity contribution in [1.82, 2.24) is 10.6 Å². The fraction of sp³-hybridized carbons (Fsp3) is 0.933. The highest BCUT2D eigenvalue weighted by Crippen LogP contribution is 2.31. The lowest BCUT2D eigenvalue weighted by Crippen LogP contribution is -2.45. The summed E-state index contributed by atoms with van der Waals surface area (Å²) in [6, 6.07) is 0.465. The van der Waals surface area contributed by atoms with E-state index in [0.29, 0.717) is 24.9 Å². The second-order valence-electron chi connectivity index (χ2n) is 6.41. The molecule has 3 N–H and O–H groups in total. The molecule has 2 atom stereocenters. The zero-order valence-corrected chi connectivity index (χ0v) is 12.7. The van der Waals surface area contributed by atoms with Crippen LogP contribution < -0.4 is 10.6 Å². The molecule has 0 radical (unpaired) electrons. The number of nitrogens with one attached hydrogen (secondary N) is 2. The minimum absolute atomic E-state index is 0.0530. The highest BCUT2D eigenvalue weighted by Gasteiger charge is 2.32. The molecule has 4 nitrogen and oxygen atoms in total. The van der Waals surface area contributed by atoms with Crippen LogP contribution >= 0.6 is 0 Å². The van der Waals surface area contributed by atoms with Gasteiger partial charge in [0.25, 0.3) is 0 Å². The van der Waals surface area contributed by atoms with Crippen LogP contribution in [-0.4, -0.2) is 35.7 Å². The van der Waals surface area contributed by atoms with E-state index in [9.17, 15) is 9.90 Å². The maximum absolute atomic E-state index is 11.7. The van der Waals surface area contributed by atoms with Crippen molar-refractivity contribution >= 4 is 5.91 Å². The van der Waals surface area contributed by atoms with Crippen molar-refractivity contribution < 1.29 is 9.90 Å². The zero-order chi connectivity index (χ0) is 14.3. The molecule has 0 aliphatic heterocycles. The van der Waals surface area contributed by atoms with Gasteiger partial charge >= 0.3 is 0 Å². The number of rotatable bonds is 7. The molecule has 0 bridgehead atoms. The van der Waals surface area contributed by atoms with Gasteiger partial charge in [0.15, 0.2) is 0 Å². The lowest BCUT2D eigenvalue weighted by Gasteiger charge is -2.35. The predicted octanol–water partition coefficient (Wildman–Crippen LogP) is 1.82. The molecular formula is C15H30N2O2. The fourth-order valence-corrected chi connectivity index (χ4v) is 2.78. The number of aliphatic hydroxyl groups is 1. The fourth-order valence-electron chi connectivity index (χ4n) is 2.78. The number of carbonyl (C=O) groups is 1. The topological polar surface area (TPSA) is 61.4 Å². The summed E-state index contributed by atoms with van der Waals surface area (Å²) in [5, 5.41) is 16.6. The van der Waals surface area contributed by atoms with Crippen LogP contribution in [0, 0.1) is 5.92 Å². The molecule has 1 aliphatic carbocycles. The first-order valence-corrected chi connectivity index (χ1v) is 7.64. The van der Waals surface area contributed by atoms with Gasteiger partial charge < -0.3 is 15.7 Å². The number of hydrogen-bond donors (Lipinski definition) is 3. The van der Waals surface area contributed by atoms with E-state index in [1.54, 1.807) is 0 Å². The lowest BCUT2D eigenvalue weighted by molar-refractivity contribution is -0.123. The highest BCUT2D eigenvalue weighted by molar-refractivity contribution is 5.75. The first-order chi connectivity index (χ1) is 8.91. The Labute approximate surface area is 117 Å². The van der Waals surface area contributed by atoms with Gasteiger partial charge in [-0.2, -0.15) is 0 Å². The summed E-state index contributed by atoms with van der Waals surface area (Å²) in [5.74, 6) is 0.614. The van der Waals surface area contributed by atoms with E-state index in [0.717, 1.165) is 32.2 Å². The Hall–Kier alpha value is -0.610. The average molecular weight is 270 g/mol. The minimum atomic E-state index is -0.677. The average Bonchev–Trinajstić information content (AvgIpc) is 2.32. The van der Waals surface area contributed by atoms with Crippen molar-refractivity contribution in [2.24, 2.45) is 5.92 Å². The van der Waals surface area contributed by atoms with Gasteiger partial charge in [0.05, 0.1) is 5.60 Å². The van der Waals surface area contributed by atoms with Gasteiger partial charge in [0, 0.05) is 19.0 Å². The Morgan fingerprint density at radius 3 is 2.84 bits per heavy atom. The standard InChI is InChI=1S/C15H30N2O2/c1-12(2)16-9-5-7-14(18)17-11-15(19)8-4-6-13(3)10-15/h12-13,16,19H,4-11H2,1-3H3,(H,17,18). The molecule has 4 heteroatoms. The minimum Gasteiger partial charge on any atom is -0.388 e. The van der Waals surface area contributed by atoms with Crippen LogP contribution in [0.5, 0.6) is 0 Å². The van der Waals surface area contributed by atoms with Crippen molar-refractivity contribution in [3.05, 3.63) is 0 Å². The quantitative estimate of drug-likeness (QED) is 0.618. The van der Waals surface area contributed by atoms with Gasteiger partial charge in [-0.25, -0.2) is 0 Å². The molecule has 2 unspecified atom stereocenters. The van der Waals surface area contributed by atoms with Crippen LogP contribution in [0.4, 0.5) is 0 Å². The summed E-state index contributed by atoms with van der Waals surface area (Å²) in [4.78, 5) is 11.7. The van der Waals surface area contributed by atoms with Gasteiger partial charge in [-0.1, -0.05) is 33.6 Å². The largest absolute Gasteiger partial charge is 0.388 e. The van der Waals surface area contributed by atoms with E-state index in [2.05, 4.69) is 31.4 Å². The number of amides is 1. The van der Waals surface area contributed by atoms with E-state index < -0.39 is 5.60 Å². The van der Waals surface area contributed by atoms with Crippen molar-refractivity contribution in [2.45, 2.75) is 70.9 Å². The van der Waals surface area contributed by atoms with Gasteiger partial charge in [0.1, 0.15) is 0 Å². The molecule has 1 rings (SSSR count). The van der Waals surface area contributed by atoms with E-state index >= 15 is 0 Å². The SMILES string of the molecule is CC1CCCC(O)(CNC(=O)CCCNC(C)C)C1. The lowest BCUT2D eigenvalue weighted by atomic mass is 9.79. The van der Waals surface area contributed by atoms with Crippen LogP contribution in [-0.2, 0) is 4.79 Å². The predicted molar refractivity (Wildman–Crippen MR) is 78.0 cm³/mol. The van der Waals surface area contributed by atoms with E-state index in [-0.39, 0.29) is 5.91 Å². The third-order valence-electron chi connectivity index (χ3n) is 3.82. The first-order valence-electron chi connectivity index (χ1n) is 7.64. The van der Waals surface area contributed by atoms with E-state index in [1.807, 2.05) is 0 Å². The van der Waals surface area contributed by atoms with Crippen LogP contribution in [0.1, 0.15) is 59.3 Å². The van der Waals surface area contributed by atoms with Gasteiger partial charge in [-0.15, -0.1) is 0 Å². The van der Waals surface area contributed by atoms with E-state index in [4.69, 9.17) is 0 Å². The van der Waals surface area contributed by atoms with Crippen molar-refractivity contribution in [3.63, 3.8) is 0 Å². The molecule has 0 aromatic heterocycles. The molecule has 112 valence electrons. The Morgan fingerprint density at radius 1 is 1.47 bits per heavy atom. The summed E-state index contributed by atoms with van der Waals surface area (Å²) in [5.41, 5.74) is -0.677. The summed E-state index contributed by atoms with van der Waals surface area (Å²) in [6.07, 6.45) is 5.25. The molecule has 1 fully saturated rings. The third-order valence-corrected chi connectivity index (χ3v) is 3.82. The van der Waals surface area contributed by atoms with Gasteiger partial charge in [-0.05, 0) is 31.7 Å². The summed E-state index contributed by atoms with van der Waals surface area (Å²) < 4.78 is 0. The van der Waals surface area contributed by atoms with Crippen LogP contribution in [0.3, 0.4) is 0 Å². The Bertz CT molecular complexity index is 281. The smallest absolute Gasteiger partial charge is 0.220 e. The normalized spacial score (nSPS) is 27.5. The maximum Gasteiger partial charge on any atom is 0.220 e. The van der Waals surface area contributed by atoms with E-state index in [1.165, 1.54) is 6.42 Å². The van der Waals surface area contributed by atoms with Crippen molar-refractivity contribution in [2.75, 3.05) is 13.1 Å². The Balaban J connectivity index is 2.15. The molecule has 0 spiro atoms. The van der Waals surface area contributed by atoms with Crippen molar-refractivity contribution in [1.29, 1.82) is 0 Å². The Kier molecular flexibility index (Phi) is 6.80. The number of hydrogen-bond acceptors (Lipinski definition) is 3. The maximum atomic E-state index is 11.7. The summed E-state index contributed by atoms with van der Waals surface area (Å²) in [7, 11) is 0. The molecule has 1 saturated carbocycles. The zero-order valence-electron chi connectivity index (χ0n) is 12.7. The molecule has 0 heterocycles. The number of carbonyl (C=O) groups excluding carboxylic acids is 1. The molecule has 0 aromatic rings. The first kappa shape index (κ1) is 16.4. The Morgan fingerprint density at radius 2 is 2.21 bits per heavy atom. The molecule has 0 saturated heterocycles. The molecular weight excluding hydrogens is 240 g/mol. The summed E-state index contributed by atoms with van der Waals surface area (Å²) in [6.45, 7) is 7.64. The second-order valence-corrected chi connectivity index (χ2v) is 6.41. The third kappa shape index (κ3) is 6.92. The van der Waals surface area contributed by atoms with Gasteiger partial charge in [-0.3, -0.25) is 4.79 Å².